The van der Waals surface area contributed by atoms with Crippen LogP contribution in [0.15, 0.2) is 45.8 Å². The molecule has 0 aliphatic carbocycles. The van der Waals surface area contributed by atoms with E-state index in [0.717, 1.165) is 24.3 Å². The molecule has 0 aromatic heterocycles. The number of rotatable bonds is 3. The Morgan fingerprint density at radius 3 is 2.48 bits per heavy atom. The molecule has 21 heavy (non-hydrogen) atoms. The number of hydrogen-bond acceptors (Lipinski definition) is 3. The van der Waals surface area contributed by atoms with E-state index in [1.807, 2.05) is 0 Å². The van der Waals surface area contributed by atoms with Crippen molar-refractivity contribution in [3.8, 4) is 6.07 Å². The highest BCUT2D eigenvalue weighted by atomic mass is 79.9. The predicted octanol–water partition coefficient (Wildman–Crippen LogP) is 3.40. The summed E-state index contributed by atoms with van der Waals surface area (Å²) >= 11 is 2.92. The molecule has 108 valence electrons. The van der Waals surface area contributed by atoms with Gasteiger partial charge in [0.2, 0.25) is 0 Å². The Labute approximate surface area is 128 Å². The molecule has 0 saturated heterocycles. The van der Waals surface area contributed by atoms with Gasteiger partial charge in [-0.05, 0) is 52.3 Å². The van der Waals surface area contributed by atoms with Crippen LogP contribution in [-0.4, -0.2) is 8.42 Å². The summed E-state index contributed by atoms with van der Waals surface area (Å²) in [5.41, 5.74) is -0.251. The molecule has 2 aromatic carbocycles. The highest BCUT2D eigenvalue weighted by Crippen LogP contribution is 2.23. The van der Waals surface area contributed by atoms with E-state index in [0.29, 0.717) is 0 Å². The van der Waals surface area contributed by atoms with Crippen LogP contribution >= 0.6 is 15.9 Å². The molecule has 1 N–H and O–H groups in total. The first kappa shape index (κ1) is 15.4. The zero-order chi connectivity index (χ0) is 15.6. The third-order valence-electron chi connectivity index (χ3n) is 2.55. The average molecular weight is 373 g/mol. The summed E-state index contributed by atoms with van der Waals surface area (Å²) < 4.78 is 52.9. The maximum atomic E-state index is 13.4. The van der Waals surface area contributed by atoms with Crippen LogP contribution in [0.1, 0.15) is 5.56 Å². The number of halogens is 3. The van der Waals surface area contributed by atoms with Gasteiger partial charge in [-0.1, -0.05) is 0 Å². The Balaban J connectivity index is 2.42. The van der Waals surface area contributed by atoms with Crippen molar-refractivity contribution in [3.05, 3.63) is 58.1 Å². The molecule has 0 amide bonds. The molecule has 4 nitrogen and oxygen atoms in total. The Bertz CT molecular complexity index is 848. The summed E-state index contributed by atoms with van der Waals surface area (Å²) in [5.74, 6) is -1.40. The topological polar surface area (TPSA) is 70.0 Å². The van der Waals surface area contributed by atoms with Crippen molar-refractivity contribution in [3.63, 3.8) is 0 Å². The van der Waals surface area contributed by atoms with Crippen LogP contribution in [0.4, 0.5) is 14.5 Å². The van der Waals surface area contributed by atoms with Gasteiger partial charge in [0.1, 0.15) is 17.7 Å². The molecule has 0 bridgehead atoms. The van der Waals surface area contributed by atoms with Crippen molar-refractivity contribution in [1.82, 2.24) is 0 Å². The van der Waals surface area contributed by atoms with Gasteiger partial charge in [-0.15, -0.1) is 0 Å². The van der Waals surface area contributed by atoms with Gasteiger partial charge in [0.05, 0.1) is 20.6 Å². The number of nitriles is 1. The van der Waals surface area contributed by atoms with Gasteiger partial charge in [-0.25, -0.2) is 17.2 Å². The fourth-order valence-corrected chi connectivity index (χ4v) is 2.88. The predicted molar refractivity (Wildman–Crippen MR) is 76.0 cm³/mol. The third kappa shape index (κ3) is 3.37. The Morgan fingerprint density at radius 2 is 1.86 bits per heavy atom. The maximum absolute atomic E-state index is 13.4. The van der Waals surface area contributed by atoms with Crippen molar-refractivity contribution >= 4 is 31.6 Å². The Morgan fingerprint density at radius 1 is 1.14 bits per heavy atom. The van der Waals surface area contributed by atoms with Crippen LogP contribution in [0.5, 0.6) is 0 Å². The van der Waals surface area contributed by atoms with Crippen molar-refractivity contribution in [2.45, 2.75) is 4.90 Å². The average Bonchev–Trinajstić information content (AvgIpc) is 2.43. The smallest absolute Gasteiger partial charge is 0.262 e. The number of sulfonamides is 1. The van der Waals surface area contributed by atoms with Gasteiger partial charge in [0.15, 0.2) is 0 Å². The van der Waals surface area contributed by atoms with Gasteiger partial charge in [-0.2, -0.15) is 5.26 Å². The van der Waals surface area contributed by atoms with Crippen LogP contribution in [0.2, 0.25) is 0 Å². The number of benzene rings is 2. The minimum atomic E-state index is -4.08. The van der Waals surface area contributed by atoms with Gasteiger partial charge in [0.25, 0.3) is 10.0 Å². The van der Waals surface area contributed by atoms with Crippen molar-refractivity contribution < 1.29 is 17.2 Å². The summed E-state index contributed by atoms with van der Waals surface area (Å²) in [6.07, 6.45) is 0. The number of hydrogen-bond donors (Lipinski definition) is 1. The largest absolute Gasteiger partial charge is 0.278 e. The quantitative estimate of drug-likeness (QED) is 0.897. The van der Waals surface area contributed by atoms with Crippen molar-refractivity contribution in [1.29, 1.82) is 5.26 Å². The van der Waals surface area contributed by atoms with Crippen LogP contribution in [0.3, 0.4) is 0 Å². The Hall–Kier alpha value is -1.98. The molecule has 0 aliphatic heterocycles. The highest BCUT2D eigenvalue weighted by Gasteiger charge is 2.18. The Kier molecular flexibility index (Phi) is 4.25. The summed E-state index contributed by atoms with van der Waals surface area (Å²) in [6.45, 7) is 0. The van der Waals surface area contributed by atoms with Gasteiger partial charge >= 0.3 is 0 Å². The van der Waals surface area contributed by atoms with E-state index in [-0.39, 0.29) is 20.6 Å². The highest BCUT2D eigenvalue weighted by molar-refractivity contribution is 9.10. The van der Waals surface area contributed by atoms with E-state index in [9.17, 15) is 17.2 Å². The molecule has 8 heteroatoms. The van der Waals surface area contributed by atoms with E-state index >= 15 is 0 Å². The first-order valence-corrected chi connectivity index (χ1v) is 7.78. The molecule has 0 unspecified atom stereocenters. The normalized spacial score (nSPS) is 11.0. The standard InChI is InChI=1S/C13H7BrF2N2O2S/c14-11-3-2-10(6-12(11)16)21(19,20)18-13-4-1-9(15)5-8(13)7-17/h1-6,18H. The van der Waals surface area contributed by atoms with E-state index in [4.69, 9.17) is 5.26 Å². The fourth-order valence-electron chi connectivity index (χ4n) is 1.55. The number of anilines is 1. The zero-order valence-electron chi connectivity index (χ0n) is 10.3. The lowest BCUT2D eigenvalue weighted by Crippen LogP contribution is -2.14. The van der Waals surface area contributed by atoms with E-state index in [1.165, 1.54) is 12.1 Å². The summed E-state index contributed by atoms with van der Waals surface area (Å²) in [4.78, 5) is -0.309. The van der Waals surface area contributed by atoms with Gasteiger partial charge < -0.3 is 0 Å². The van der Waals surface area contributed by atoms with E-state index in [1.54, 1.807) is 6.07 Å². The van der Waals surface area contributed by atoms with Crippen LogP contribution < -0.4 is 4.72 Å². The van der Waals surface area contributed by atoms with Crippen molar-refractivity contribution in [2.24, 2.45) is 0 Å². The number of nitrogens with one attached hydrogen (secondary N) is 1. The summed E-state index contributed by atoms with van der Waals surface area (Å²) in [5, 5.41) is 8.87. The molecule has 0 aliphatic rings. The first-order chi connectivity index (χ1) is 9.83. The summed E-state index contributed by atoms with van der Waals surface area (Å²) in [7, 11) is -4.08. The first-order valence-electron chi connectivity index (χ1n) is 5.51. The minimum Gasteiger partial charge on any atom is -0.278 e. The lowest BCUT2D eigenvalue weighted by Gasteiger charge is -2.10. The van der Waals surface area contributed by atoms with E-state index in [2.05, 4.69) is 20.7 Å². The fraction of sp³-hybridized carbons (Fsp3) is 0. The molecule has 2 aromatic rings. The monoisotopic (exact) mass is 372 g/mol. The molecule has 0 spiro atoms. The van der Waals surface area contributed by atoms with Gasteiger partial charge in [-0.3, -0.25) is 4.72 Å². The zero-order valence-corrected chi connectivity index (χ0v) is 12.7. The molecule has 2 rings (SSSR count). The van der Waals surface area contributed by atoms with E-state index < -0.39 is 21.7 Å². The van der Waals surface area contributed by atoms with Crippen LogP contribution in [0.25, 0.3) is 0 Å². The van der Waals surface area contributed by atoms with Crippen molar-refractivity contribution in [2.75, 3.05) is 4.72 Å². The number of nitrogens with zero attached hydrogens (tertiary/aromatic N) is 1. The molecular formula is C13H7BrF2N2O2S. The second-order valence-electron chi connectivity index (χ2n) is 3.98. The molecule has 0 atom stereocenters. The SMILES string of the molecule is N#Cc1cc(F)ccc1NS(=O)(=O)c1ccc(Br)c(F)c1. The lowest BCUT2D eigenvalue weighted by molar-refractivity contribution is 0.593. The molecule has 0 fully saturated rings. The lowest BCUT2D eigenvalue weighted by atomic mass is 10.2. The molecule has 0 heterocycles. The minimum absolute atomic E-state index is 0.0813. The van der Waals surface area contributed by atoms with Crippen LogP contribution in [-0.2, 0) is 10.0 Å². The second kappa shape index (κ2) is 5.79. The summed E-state index contributed by atoms with van der Waals surface area (Å²) in [6, 6.07) is 8.01. The van der Waals surface area contributed by atoms with Crippen LogP contribution in [0, 0.1) is 23.0 Å². The molecular weight excluding hydrogens is 366 g/mol. The molecule has 0 radical (unpaired) electrons. The second-order valence-corrected chi connectivity index (χ2v) is 6.52. The third-order valence-corrected chi connectivity index (χ3v) is 4.55. The maximum Gasteiger partial charge on any atom is 0.262 e. The van der Waals surface area contributed by atoms with Gasteiger partial charge in [0, 0.05) is 0 Å². The molecule has 0 saturated carbocycles.